The molecule has 3 nitrogen and oxygen atoms in total. The van der Waals surface area contributed by atoms with Crippen LogP contribution in [0.15, 0.2) is 10.5 Å². The highest BCUT2D eigenvalue weighted by atomic mass is 79.9. The van der Waals surface area contributed by atoms with Crippen molar-refractivity contribution in [3.63, 3.8) is 0 Å². The van der Waals surface area contributed by atoms with E-state index in [1.54, 1.807) is 0 Å². The SMILES string of the molecule is CCc1c(CN)cc(Br)c2c1OCCCO2. The average Bonchev–Trinajstić information content (AvgIpc) is 2.54. The van der Waals surface area contributed by atoms with Crippen LogP contribution in [0.4, 0.5) is 0 Å². The van der Waals surface area contributed by atoms with Crippen LogP contribution in [0.1, 0.15) is 24.5 Å². The molecule has 4 heteroatoms. The third-order valence-electron chi connectivity index (χ3n) is 2.74. The molecule has 2 N–H and O–H groups in total. The Morgan fingerprint density at radius 2 is 2.00 bits per heavy atom. The second kappa shape index (κ2) is 5.06. The summed E-state index contributed by atoms with van der Waals surface area (Å²) >= 11 is 3.51. The molecule has 1 aliphatic heterocycles. The zero-order valence-corrected chi connectivity index (χ0v) is 11.0. The number of hydrogen-bond donors (Lipinski definition) is 1. The minimum Gasteiger partial charge on any atom is -0.489 e. The third-order valence-corrected chi connectivity index (χ3v) is 3.33. The van der Waals surface area contributed by atoms with Gasteiger partial charge >= 0.3 is 0 Å². The van der Waals surface area contributed by atoms with Crippen molar-refractivity contribution in [2.24, 2.45) is 5.73 Å². The number of ether oxygens (including phenoxy) is 2. The average molecular weight is 286 g/mol. The fraction of sp³-hybridized carbons (Fsp3) is 0.500. The largest absolute Gasteiger partial charge is 0.489 e. The molecule has 0 aromatic heterocycles. The molecule has 1 aromatic carbocycles. The summed E-state index contributed by atoms with van der Waals surface area (Å²) in [6.45, 7) is 4.05. The van der Waals surface area contributed by atoms with Gasteiger partial charge < -0.3 is 15.2 Å². The minimum absolute atomic E-state index is 0.526. The van der Waals surface area contributed by atoms with Crippen LogP contribution in [-0.2, 0) is 13.0 Å². The molecule has 0 aliphatic carbocycles. The lowest BCUT2D eigenvalue weighted by Crippen LogP contribution is -2.05. The lowest BCUT2D eigenvalue weighted by atomic mass is 10.0. The summed E-state index contributed by atoms with van der Waals surface area (Å²) in [4.78, 5) is 0. The molecule has 2 rings (SSSR count). The van der Waals surface area contributed by atoms with Crippen LogP contribution in [0.2, 0.25) is 0 Å². The van der Waals surface area contributed by atoms with Gasteiger partial charge in [-0.3, -0.25) is 0 Å². The van der Waals surface area contributed by atoms with E-state index in [-0.39, 0.29) is 0 Å². The molecule has 0 atom stereocenters. The Hall–Kier alpha value is -0.740. The van der Waals surface area contributed by atoms with Gasteiger partial charge in [0, 0.05) is 18.5 Å². The van der Waals surface area contributed by atoms with Crippen molar-refractivity contribution >= 4 is 15.9 Å². The monoisotopic (exact) mass is 285 g/mol. The van der Waals surface area contributed by atoms with Crippen molar-refractivity contribution in [3.05, 3.63) is 21.7 Å². The van der Waals surface area contributed by atoms with E-state index >= 15 is 0 Å². The molecule has 1 heterocycles. The smallest absolute Gasteiger partial charge is 0.175 e. The Bertz CT molecular complexity index is 393. The second-order valence-corrected chi connectivity index (χ2v) is 4.62. The predicted molar refractivity (Wildman–Crippen MR) is 67.0 cm³/mol. The van der Waals surface area contributed by atoms with Crippen molar-refractivity contribution in [3.8, 4) is 11.5 Å². The third kappa shape index (κ3) is 2.04. The molecule has 1 aliphatic rings. The van der Waals surface area contributed by atoms with Gasteiger partial charge in [0.1, 0.15) is 0 Å². The second-order valence-electron chi connectivity index (χ2n) is 3.76. The van der Waals surface area contributed by atoms with E-state index in [2.05, 4.69) is 22.9 Å². The van der Waals surface area contributed by atoms with Crippen molar-refractivity contribution in [1.29, 1.82) is 0 Å². The number of nitrogens with two attached hydrogens (primary N) is 1. The summed E-state index contributed by atoms with van der Waals surface area (Å²) in [6, 6.07) is 2.03. The molecule has 0 radical (unpaired) electrons. The van der Waals surface area contributed by atoms with E-state index in [0.717, 1.165) is 34.4 Å². The predicted octanol–water partition coefficient (Wildman–Crippen LogP) is 2.63. The number of fused-ring (bicyclic) bond motifs is 1. The van der Waals surface area contributed by atoms with Crippen LogP contribution in [0.25, 0.3) is 0 Å². The number of rotatable bonds is 2. The van der Waals surface area contributed by atoms with Gasteiger partial charge in [0.15, 0.2) is 11.5 Å². The van der Waals surface area contributed by atoms with Gasteiger partial charge in [-0.25, -0.2) is 0 Å². The van der Waals surface area contributed by atoms with Gasteiger partial charge in [0.05, 0.1) is 17.7 Å². The summed E-state index contributed by atoms with van der Waals surface area (Å²) in [5.41, 5.74) is 8.04. The van der Waals surface area contributed by atoms with Gasteiger partial charge in [-0.05, 0) is 34.0 Å². The molecule has 0 saturated heterocycles. The standard InChI is InChI=1S/C12H16BrNO2/c1-2-9-8(7-14)6-10(13)12-11(9)15-4-3-5-16-12/h6H,2-5,7,14H2,1H3. The lowest BCUT2D eigenvalue weighted by molar-refractivity contribution is 0.295. The van der Waals surface area contributed by atoms with E-state index in [1.165, 1.54) is 5.56 Å². The first-order chi connectivity index (χ1) is 7.77. The van der Waals surface area contributed by atoms with Crippen molar-refractivity contribution in [2.75, 3.05) is 13.2 Å². The lowest BCUT2D eigenvalue weighted by Gasteiger charge is -2.16. The fourth-order valence-electron chi connectivity index (χ4n) is 1.96. The van der Waals surface area contributed by atoms with Crippen LogP contribution in [0.3, 0.4) is 0 Å². The highest BCUT2D eigenvalue weighted by Gasteiger charge is 2.20. The van der Waals surface area contributed by atoms with E-state index in [9.17, 15) is 0 Å². The van der Waals surface area contributed by atoms with Crippen LogP contribution in [0.5, 0.6) is 11.5 Å². The van der Waals surface area contributed by atoms with Crippen LogP contribution < -0.4 is 15.2 Å². The minimum atomic E-state index is 0.526. The van der Waals surface area contributed by atoms with E-state index in [4.69, 9.17) is 15.2 Å². The van der Waals surface area contributed by atoms with Gasteiger partial charge in [-0.15, -0.1) is 0 Å². The Morgan fingerprint density at radius 3 is 2.62 bits per heavy atom. The Morgan fingerprint density at radius 1 is 1.31 bits per heavy atom. The van der Waals surface area contributed by atoms with Crippen molar-refractivity contribution in [1.82, 2.24) is 0 Å². The highest BCUT2D eigenvalue weighted by molar-refractivity contribution is 9.10. The molecule has 0 amide bonds. The summed E-state index contributed by atoms with van der Waals surface area (Å²) in [6.07, 6.45) is 1.83. The molecule has 0 fully saturated rings. The van der Waals surface area contributed by atoms with E-state index in [0.29, 0.717) is 19.8 Å². The maximum atomic E-state index is 5.78. The van der Waals surface area contributed by atoms with Gasteiger partial charge in [0.25, 0.3) is 0 Å². The summed E-state index contributed by atoms with van der Waals surface area (Å²) in [5, 5.41) is 0. The van der Waals surface area contributed by atoms with Gasteiger partial charge in [-0.2, -0.15) is 0 Å². The maximum absolute atomic E-state index is 5.78. The molecule has 88 valence electrons. The first kappa shape index (κ1) is 11.7. The first-order valence-electron chi connectivity index (χ1n) is 5.57. The van der Waals surface area contributed by atoms with Crippen molar-refractivity contribution < 1.29 is 9.47 Å². The Kier molecular flexibility index (Phi) is 3.71. The Labute approximate surface area is 104 Å². The van der Waals surface area contributed by atoms with Crippen LogP contribution in [0, 0.1) is 0 Å². The van der Waals surface area contributed by atoms with Crippen LogP contribution in [-0.4, -0.2) is 13.2 Å². The Balaban J connectivity index is 2.57. The van der Waals surface area contributed by atoms with E-state index in [1.807, 2.05) is 6.07 Å². The maximum Gasteiger partial charge on any atom is 0.175 e. The number of hydrogen-bond acceptors (Lipinski definition) is 3. The molecule has 1 aromatic rings. The zero-order valence-electron chi connectivity index (χ0n) is 9.38. The van der Waals surface area contributed by atoms with Crippen molar-refractivity contribution in [2.45, 2.75) is 26.3 Å². The molecular formula is C12H16BrNO2. The summed E-state index contributed by atoms with van der Waals surface area (Å²) in [5.74, 6) is 1.70. The quantitative estimate of drug-likeness (QED) is 0.909. The van der Waals surface area contributed by atoms with Crippen LogP contribution >= 0.6 is 15.9 Å². The molecule has 16 heavy (non-hydrogen) atoms. The number of halogens is 1. The van der Waals surface area contributed by atoms with Gasteiger partial charge in [-0.1, -0.05) is 6.92 Å². The molecule has 0 unspecified atom stereocenters. The topological polar surface area (TPSA) is 44.5 Å². The van der Waals surface area contributed by atoms with E-state index < -0.39 is 0 Å². The summed E-state index contributed by atoms with van der Waals surface area (Å²) < 4.78 is 12.4. The molecular weight excluding hydrogens is 270 g/mol. The molecule has 0 saturated carbocycles. The first-order valence-corrected chi connectivity index (χ1v) is 6.37. The fourth-order valence-corrected chi connectivity index (χ4v) is 2.53. The molecule has 0 bridgehead atoms. The van der Waals surface area contributed by atoms with Gasteiger partial charge in [0.2, 0.25) is 0 Å². The summed E-state index contributed by atoms with van der Waals surface area (Å²) in [7, 11) is 0. The number of benzene rings is 1. The molecule has 0 spiro atoms. The normalized spacial score (nSPS) is 14.7. The highest BCUT2D eigenvalue weighted by Crippen LogP contribution is 2.41. The zero-order chi connectivity index (χ0) is 11.5.